The van der Waals surface area contributed by atoms with E-state index in [1.165, 1.54) is 28.7 Å². The Balaban J connectivity index is 2.19. The third kappa shape index (κ3) is 2.55. The topological polar surface area (TPSA) is 20.2 Å². The smallest absolute Gasteiger partial charge is 0.0568 e. The van der Waals surface area contributed by atoms with Gasteiger partial charge in [0.05, 0.1) is 6.10 Å². The molecule has 1 saturated carbocycles. The molecule has 0 radical (unpaired) electrons. The lowest BCUT2D eigenvalue weighted by Gasteiger charge is -2.20. The van der Waals surface area contributed by atoms with Crippen molar-refractivity contribution in [1.29, 1.82) is 0 Å². The number of aliphatic hydroxyl groups is 1. The fourth-order valence-electron chi connectivity index (χ4n) is 3.31. The Morgan fingerprint density at radius 3 is 2.18 bits per heavy atom. The molecule has 1 nitrogen and oxygen atoms in total. The van der Waals surface area contributed by atoms with Gasteiger partial charge >= 0.3 is 0 Å². The first-order chi connectivity index (χ1) is 7.99. The molecule has 1 heteroatoms. The predicted molar refractivity (Wildman–Crippen MR) is 72.3 cm³/mol. The highest BCUT2D eigenvalue weighted by Gasteiger charge is 2.31. The van der Waals surface area contributed by atoms with Gasteiger partial charge in [0.25, 0.3) is 0 Å². The van der Waals surface area contributed by atoms with E-state index in [2.05, 4.69) is 39.8 Å². The predicted octanol–water partition coefficient (Wildman–Crippen LogP) is 3.56. The van der Waals surface area contributed by atoms with Gasteiger partial charge in [-0.3, -0.25) is 0 Å². The van der Waals surface area contributed by atoms with Crippen molar-refractivity contribution in [3.63, 3.8) is 0 Å². The van der Waals surface area contributed by atoms with Crippen molar-refractivity contribution in [2.45, 2.75) is 53.1 Å². The van der Waals surface area contributed by atoms with Crippen LogP contribution >= 0.6 is 0 Å². The zero-order valence-electron chi connectivity index (χ0n) is 11.5. The summed E-state index contributed by atoms with van der Waals surface area (Å²) in [7, 11) is 0. The van der Waals surface area contributed by atoms with Gasteiger partial charge in [0.2, 0.25) is 0 Å². The molecular formula is C16H24O. The van der Waals surface area contributed by atoms with Crippen LogP contribution in [0, 0.1) is 32.6 Å². The first-order valence-corrected chi connectivity index (χ1v) is 6.74. The summed E-state index contributed by atoms with van der Waals surface area (Å²) in [5.41, 5.74) is 5.68. The first-order valence-electron chi connectivity index (χ1n) is 6.74. The maximum absolute atomic E-state index is 9.83. The van der Waals surface area contributed by atoms with E-state index in [-0.39, 0.29) is 6.10 Å². The maximum atomic E-state index is 9.83. The van der Waals surface area contributed by atoms with Gasteiger partial charge in [-0.25, -0.2) is 0 Å². The fraction of sp³-hybridized carbons (Fsp3) is 0.625. The number of hydrogen-bond acceptors (Lipinski definition) is 1. The molecule has 1 aliphatic rings. The Hall–Kier alpha value is -0.820. The highest BCUT2D eigenvalue weighted by atomic mass is 16.3. The summed E-state index contributed by atoms with van der Waals surface area (Å²) >= 11 is 0. The third-order valence-corrected chi connectivity index (χ3v) is 4.49. The third-order valence-electron chi connectivity index (χ3n) is 4.49. The van der Waals surface area contributed by atoms with Crippen LogP contribution in [-0.4, -0.2) is 11.2 Å². The molecule has 0 bridgehead atoms. The fourth-order valence-corrected chi connectivity index (χ4v) is 3.31. The van der Waals surface area contributed by atoms with E-state index in [1.807, 2.05) is 0 Å². The number of aliphatic hydroxyl groups excluding tert-OH is 1. The van der Waals surface area contributed by atoms with Gasteiger partial charge in [-0.05, 0) is 68.6 Å². The molecule has 1 aliphatic carbocycles. The van der Waals surface area contributed by atoms with Crippen molar-refractivity contribution in [3.05, 3.63) is 34.4 Å². The Kier molecular flexibility index (Phi) is 3.58. The van der Waals surface area contributed by atoms with Gasteiger partial charge < -0.3 is 5.11 Å². The minimum absolute atomic E-state index is 0.0777. The first kappa shape index (κ1) is 12.6. The maximum Gasteiger partial charge on any atom is 0.0568 e. The number of benzene rings is 1. The second kappa shape index (κ2) is 4.81. The molecule has 0 saturated heterocycles. The van der Waals surface area contributed by atoms with E-state index in [1.54, 1.807) is 0 Å². The van der Waals surface area contributed by atoms with Crippen LogP contribution in [0.4, 0.5) is 0 Å². The Morgan fingerprint density at radius 1 is 1.12 bits per heavy atom. The quantitative estimate of drug-likeness (QED) is 0.826. The molecule has 2 rings (SSSR count). The van der Waals surface area contributed by atoms with E-state index in [4.69, 9.17) is 0 Å². The molecule has 0 aromatic heterocycles. The van der Waals surface area contributed by atoms with Crippen LogP contribution in [0.3, 0.4) is 0 Å². The van der Waals surface area contributed by atoms with E-state index in [0.29, 0.717) is 11.8 Å². The van der Waals surface area contributed by atoms with Gasteiger partial charge in [-0.1, -0.05) is 24.6 Å². The summed E-state index contributed by atoms with van der Waals surface area (Å²) in [4.78, 5) is 0. The van der Waals surface area contributed by atoms with Crippen LogP contribution in [-0.2, 0) is 6.42 Å². The van der Waals surface area contributed by atoms with Crippen LogP contribution in [0.5, 0.6) is 0 Å². The van der Waals surface area contributed by atoms with Crippen molar-refractivity contribution in [2.24, 2.45) is 11.8 Å². The summed E-state index contributed by atoms with van der Waals surface area (Å²) in [5.74, 6) is 1.11. The molecule has 0 amide bonds. The van der Waals surface area contributed by atoms with Gasteiger partial charge in [0.1, 0.15) is 0 Å². The lowest BCUT2D eigenvalue weighted by Crippen LogP contribution is -2.17. The summed E-state index contributed by atoms with van der Waals surface area (Å²) in [6.45, 7) is 8.78. The van der Waals surface area contributed by atoms with Crippen molar-refractivity contribution in [2.75, 3.05) is 0 Å². The molecule has 1 fully saturated rings. The van der Waals surface area contributed by atoms with Crippen LogP contribution in [0.2, 0.25) is 0 Å². The molecule has 1 aromatic carbocycles. The molecule has 0 heterocycles. The SMILES string of the molecule is Cc1cc(C)c(CC2CCC(O)C2C)c(C)c1. The average Bonchev–Trinajstić information content (AvgIpc) is 2.54. The van der Waals surface area contributed by atoms with Crippen LogP contribution in [0.1, 0.15) is 42.0 Å². The second-order valence-corrected chi connectivity index (χ2v) is 5.85. The second-order valence-electron chi connectivity index (χ2n) is 5.85. The zero-order chi connectivity index (χ0) is 12.6. The molecule has 0 spiro atoms. The van der Waals surface area contributed by atoms with Gasteiger partial charge in [-0.15, -0.1) is 0 Å². The van der Waals surface area contributed by atoms with E-state index >= 15 is 0 Å². The van der Waals surface area contributed by atoms with Crippen LogP contribution in [0.15, 0.2) is 12.1 Å². The molecule has 3 atom stereocenters. The Morgan fingerprint density at radius 2 is 1.71 bits per heavy atom. The number of aryl methyl sites for hydroxylation is 3. The van der Waals surface area contributed by atoms with Crippen molar-refractivity contribution >= 4 is 0 Å². The molecular weight excluding hydrogens is 208 g/mol. The Bertz CT molecular complexity index is 385. The summed E-state index contributed by atoms with van der Waals surface area (Å²) in [6.07, 6.45) is 3.21. The molecule has 0 aliphatic heterocycles. The van der Waals surface area contributed by atoms with Crippen molar-refractivity contribution < 1.29 is 5.11 Å². The molecule has 1 N–H and O–H groups in total. The van der Waals surface area contributed by atoms with Crippen LogP contribution in [0.25, 0.3) is 0 Å². The van der Waals surface area contributed by atoms with Crippen molar-refractivity contribution in [3.8, 4) is 0 Å². The number of rotatable bonds is 2. The molecule has 94 valence electrons. The van der Waals surface area contributed by atoms with Crippen molar-refractivity contribution in [1.82, 2.24) is 0 Å². The van der Waals surface area contributed by atoms with E-state index in [0.717, 1.165) is 12.8 Å². The van der Waals surface area contributed by atoms with Gasteiger partial charge in [-0.2, -0.15) is 0 Å². The molecule has 1 aromatic rings. The summed E-state index contributed by atoms with van der Waals surface area (Å²) in [6, 6.07) is 4.55. The van der Waals surface area contributed by atoms with E-state index in [9.17, 15) is 5.11 Å². The highest BCUT2D eigenvalue weighted by molar-refractivity contribution is 5.37. The minimum Gasteiger partial charge on any atom is -0.393 e. The normalized spacial score (nSPS) is 28.6. The number of hydrogen-bond donors (Lipinski definition) is 1. The minimum atomic E-state index is -0.0777. The summed E-state index contributed by atoms with van der Waals surface area (Å²) < 4.78 is 0. The van der Waals surface area contributed by atoms with E-state index < -0.39 is 0 Å². The monoisotopic (exact) mass is 232 g/mol. The van der Waals surface area contributed by atoms with Gasteiger partial charge in [0.15, 0.2) is 0 Å². The lowest BCUT2D eigenvalue weighted by molar-refractivity contribution is 0.127. The van der Waals surface area contributed by atoms with Gasteiger partial charge in [0, 0.05) is 0 Å². The average molecular weight is 232 g/mol. The molecule has 3 unspecified atom stereocenters. The van der Waals surface area contributed by atoms with Crippen LogP contribution < -0.4 is 0 Å². The Labute approximate surface area is 105 Å². The highest BCUT2D eigenvalue weighted by Crippen LogP contribution is 2.35. The standard InChI is InChI=1S/C16H24O/c1-10-7-11(2)15(12(3)8-10)9-14-5-6-16(17)13(14)4/h7-8,13-14,16-17H,5-6,9H2,1-4H3. The summed E-state index contributed by atoms with van der Waals surface area (Å²) in [5, 5.41) is 9.83. The largest absolute Gasteiger partial charge is 0.393 e. The molecule has 17 heavy (non-hydrogen) atoms. The lowest BCUT2D eigenvalue weighted by atomic mass is 9.86. The zero-order valence-corrected chi connectivity index (χ0v) is 11.5.